The Balaban J connectivity index is 1.41. The van der Waals surface area contributed by atoms with Gasteiger partial charge >= 0.3 is 0 Å². The number of ether oxygens (including phenoxy) is 2. The molecule has 202 valence electrons. The Labute approximate surface area is 223 Å². The summed E-state index contributed by atoms with van der Waals surface area (Å²) in [4.78, 5) is 25.3. The third kappa shape index (κ3) is 6.08. The third-order valence-electron chi connectivity index (χ3n) is 6.75. The lowest BCUT2D eigenvalue weighted by Gasteiger charge is -2.32. The van der Waals surface area contributed by atoms with Gasteiger partial charge in [-0.1, -0.05) is 42.5 Å². The molecule has 1 heterocycles. The van der Waals surface area contributed by atoms with Gasteiger partial charge in [-0.25, -0.2) is 8.42 Å². The number of carbonyl (C=O) groups is 2. The van der Waals surface area contributed by atoms with Gasteiger partial charge in [-0.3, -0.25) is 9.59 Å². The van der Waals surface area contributed by atoms with Crippen molar-refractivity contribution in [3.05, 3.63) is 66.2 Å². The van der Waals surface area contributed by atoms with Crippen molar-refractivity contribution in [3.8, 4) is 11.5 Å². The average molecular weight is 540 g/mol. The minimum absolute atomic E-state index is 0.205. The van der Waals surface area contributed by atoms with Gasteiger partial charge in [0, 0.05) is 37.9 Å². The maximum atomic E-state index is 13.4. The Bertz CT molecular complexity index is 1410. The first-order chi connectivity index (χ1) is 18.2. The molecule has 0 unspecified atom stereocenters. The highest BCUT2D eigenvalue weighted by Gasteiger charge is 2.32. The van der Waals surface area contributed by atoms with E-state index in [0.29, 0.717) is 34.6 Å². The molecule has 0 aliphatic carbocycles. The molecular weight excluding hydrogens is 506 g/mol. The number of rotatable bonds is 9. The fourth-order valence-corrected chi connectivity index (χ4v) is 6.48. The number of hydrogen-bond donors (Lipinski definition) is 2. The van der Waals surface area contributed by atoms with E-state index in [-0.39, 0.29) is 37.4 Å². The molecule has 38 heavy (non-hydrogen) atoms. The average Bonchev–Trinajstić information content (AvgIpc) is 2.92. The Morgan fingerprint density at radius 3 is 2.34 bits per heavy atom. The molecule has 0 saturated carbocycles. The summed E-state index contributed by atoms with van der Waals surface area (Å²) >= 11 is 0. The number of sulfonamides is 1. The summed E-state index contributed by atoms with van der Waals surface area (Å²) in [5, 5.41) is 7.29. The number of carbonyl (C=O) groups excluding carboxylic acids is 2. The lowest BCUT2D eigenvalue weighted by molar-refractivity contribution is -0.128. The first-order valence-electron chi connectivity index (χ1n) is 12.5. The van der Waals surface area contributed by atoms with Crippen LogP contribution < -0.4 is 20.1 Å². The smallest absolute Gasteiger partial charge is 0.243 e. The van der Waals surface area contributed by atoms with Crippen molar-refractivity contribution in [3.63, 3.8) is 0 Å². The minimum atomic E-state index is -3.68. The van der Waals surface area contributed by atoms with Crippen molar-refractivity contribution in [1.82, 2.24) is 14.9 Å². The van der Waals surface area contributed by atoms with E-state index in [2.05, 4.69) is 10.6 Å². The van der Waals surface area contributed by atoms with E-state index in [1.54, 1.807) is 31.4 Å². The first-order valence-corrected chi connectivity index (χ1v) is 13.9. The van der Waals surface area contributed by atoms with Gasteiger partial charge in [0.1, 0.15) is 6.04 Å². The fraction of sp³-hybridized carbons (Fsp3) is 0.357. The van der Waals surface area contributed by atoms with Crippen LogP contribution in [-0.4, -0.2) is 63.9 Å². The summed E-state index contributed by atoms with van der Waals surface area (Å²) in [6.45, 7) is 1.94. The van der Waals surface area contributed by atoms with Crippen LogP contribution in [0.1, 0.15) is 25.3 Å². The molecule has 1 saturated heterocycles. The molecule has 0 aromatic heterocycles. The highest BCUT2D eigenvalue weighted by Crippen LogP contribution is 2.29. The van der Waals surface area contributed by atoms with Gasteiger partial charge in [-0.2, -0.15) is 4.31 Å². The molecule has 1 atom stereocenters. The van der Waals surface area contributed by atoms with Gasteiger partial charge < -0.3 is 20.1 Å². The van der Waals surface area contributed by atoms with E-state index in [1.165, 1.54) is 18.3 Å². The van der Waals surface area contributed by atoms with Crippen molar-refractivity contribution in [2.75, 3.05) is 27.3 Å². The molecule has 2 N–H and O–H groups in total. The highest BCUT2D eigenvalue weighted by molar-refractivity contribution is 7.89. The van der Waals surface area contributed by atoms with E-state index in [4.69, 9.17) is 9.47 Å². The summed E-state index contributed by atoms with van der Waals surface area (Å²) in [5.74, 6) is 0.473. The van der Waals surface area contributed by atoms with Gasteiger partial charge in [-0.15, -0.1) is 0 Å². The molecule has 0 spiro atoms. The molecule has 0 bridgehead atoms. The number of piperidine rings is 1. The van der Waals surface area contributed by atoms with E-state index in [9.17, 15) is 18.0 Å². The second kappa shape index (κ2) is 11.8. The third-order valence-corrected chi connectivity index (χ3v) is 8.71. The number of methoxy groups -OCH3 is 2. The summed E-state index contributed by atoms with van der Waals surface area (Å²) in [7, 11) is -0.605. The van der Waals surface area contributed by atoms with Crippen LogP contribution in [-0.2, 0) is 26.0 Å². The molecule has 1 aliphatic heterocycles. The van der Waals surface area contributed by atoms with E-state index in [0.717, 1.165) is 10.9 Å². The van der Waals surface area contributed by atoms with Crippen LogP contribution in [0.5, 0.6) is 11.5 Å². The second-order valence-corrected chi connectivity index (χ2v) is 11.2. The zero-order valence-electron chi connectivity index (χ0n) is 21.8. The van der Waals surface area contributed by atoms with Crippen LogP contribution >= 0.6 is 0 Å². The van der Waals surface area contributed by atoms with Crippen LogP contribution in [0.15, 0.2) is 65.6 Å². The lowest BCUT2D eigenvalue weighted by atomic mass is 10.0. The Morgan fingerprint density at radius 1 is 0.974 bits per heavy atom. The normalized spacial score (nSPS) is 15.6. The number of nitrogens with one attached hydrogen (secondary N) is 2. The zero-order valence-corrected chi connectivity index (χ0v) is 22.6. The zero-order chi connectivity index (χ0) is 27.3. The second-order valence-electron chi connectivity index (χ2n) is 9.31. The predicted molar refractivity (Wildman–Crippen MR) is 145 cm³/mol. The molecule has 3 aromatic rings. The number of benzene rings is 3. The summed E-state index contributed by atoms with van der Waals surface area (Å²) in [5.41, 5.74) is 0.799. The molecule has 4 rings (SSSR count). The summed E-state index contributed by atoms with van der Waals surface area (Å²) in [6, 6.07) is 17.1. The number of hydrogen-bond acceptors (Lipinski definition) is 6. The van der Waals surface area contributed by atoms with Gasteiger partial charge in [0.2, 0.25) is 21.8 Å². The first kappa shape index (κ1) is 27.4. The van der Waals surface area contributed by atoms with E-state index >= 15 is 0 Å². The molecule has 10 heteroatoms. The van der Waals surface area contributed by atoms with E-state index in [1.807, 2.05) is 36.4 Å². The topological polar surface area (TPSA) is 114 Å². The SMILES string of the molecule is COc1ccc(C[C@@H](NC(C)=O)C(=O)NC2CCN(S(=O)(=O)c3cccc4ccccc34)CC2)cc1OC. The maximum absolute atomic E-state index is 13.4. The van der Waals surface area contributed by atoms with Crippen LogP contribution in [0, 0.1) is 0 Å². The monoisotopic (exact) mass is 539 g/mol. The van der Waals surface area contributed by atoms with Crippen LogP contribution in [0.4, 0.5) is 0 Å². The van der Waals surface area contributed by atoms with Gasteiger partial charge in [-0.05, 0) is 42.0 Å². The number of nitrogens with zero attached hydrogens (tertiary/aromatic N) is 1. The summed E-state index contributed by atoms with van der Waals surface area (Å²) in [6.07, 6.45) is 1.21. The standard InChI is InChI=1S/C28H33N3O6S/c1-19(32)29-24(17-20-11-12-25(36-2)26(18-20)37-3)28(33)30-22-13-15-31(16-14-22)38(34,35)27-10-6-8-21-7-4-5-9-23(21)27/h4-12,18,22,24H,13-17H2,1-3H3,(H,29,32)(H,30,33)/t24-/m1/s1. The maximum Gasteiger partial charge on any atom is 0.243 e. The summed E-state index contributed by atoms with van der Waals surface area (Å²) < 4.78 is 39.0. The van der Waals surface area contributed by atoms with Crippen LogP contribution in [0.25, 0.3) is 10.8 Å². The molecular formula is C28H33N3O6S. The molecule has 1 fully saturated rings. The van der Waals surface area contributed by atoms with E-state index < -0.39 is 16.1 Å². The Hall–Kier alpha value is -3.63. The lowest BCUT2D eigenvalue weighted by Crippen LogP contribution is -2.53. The predicted octanol–water partition coefficient (Wildman–Crippen LogP) is 2.87. The Kier molecular flexibility index (Phi) is 8.53. The van der Waals surface area contributed by atoms with Crippen LogP contribution in [0.3, 0.4) is 0 Å². The largest absolute Gasteiger partial charge is 0.493 e. The number of fused-ring (bicyclic) bond motifs is 1. The quantitative estimate of drug-likeness (QED) is 0.432. The van der Waals surface area contributed by atoms with Crippen LogP contribution in [0.2, 0.25) is 0 Å². The molecule has 9 nitrogen and oxygen atoms in total. The Morgan fingerprint density at radius 2 is 1.66 bits per heavy atom. The van der Waals surface area contributed by atoms with Crippen molar-refractivity contribution < 1.29 is 27.5 Å². The van der Waals surface area contributed by atoms with Gasteiger partial charge in [0.15, 0.2) is 11.5 Å². The van der Waals surface area contributed by atoms with Crippen molar-refractivity contribution in [2.45, 2.75) is 43.2 Å². The van der Waals surface area contributed by atoms with Crippen molar-refractivity contribution in [2.24, 2.45) is 0 Å². The fourth-order valence-electron chi connectivity index (χ4n) is 4.80. The molecule has 1 aliphatic rings. The molecule has 0 radical (unpaired) electrons. The van der Waals surface area contributed by atoms with Gasteiger partial charge in [0.25, 0.3) is 0 Å². The van der Waals surface area contributed by atoms with Crippen molar-refractivity contribution in [1.29, 1.82) is 0 Å². The minimum Gasteiger partial charge on any atom is -0.493 e. The highest BCUT2D eigenvalue weighted by atomic mass is 32.2. The van der Waals surface area contributed by atoms with Gasteiger partial charge in [0.05, 0.1) is 19.1 Å². The molecule has 2 amide bonds. The van der Waals surface area contributed by atoms with Crippen molar-refractivity contribution >= 4 is 32.6 Å². The molecule has 3 aromatic carbocycles. The number of amides is 2.